The molecule has 0 aliphatic carbocycles. The minimum absolute atomic E-state index is 0.356. The first-order valence-electron chi connectivity index (χ1n) is 8.61. The van der Waals surface area contributed by atoms with Crippen molar-refractivity contribution in [2.24, 2.45) is 0 Å². The second kappa shape index (κ2) is 10.5. The molecule has 0 fully saturated rings. The lowest BCUT2D eigenvalue weighted by Crippen LogP contribution is -2.02. The summed E-state index contributed by atoms with van der Waals surface area (Å²) in [7, 11) is 0. The fourth-order valence-electron chi connectivity index (χ4n) is 2.38. The average molecular weight is 360 g/mol. The van der Waals surface area contributed by atoms with Crippen LogP contribution in [0.1, 0.15) is 40.0 Å². The molecule has 0 aliphatic heterocycles. The zero-order chi connectivity index (χ0) is 19.5. The Hall–Kier alpha value is -3.50. The van der Waals surface area contributed by atoms with Gasteiger partial charge in [-0.2, -0.15) is 0 Å². The molecular formula is C23H20O4. The predicted molar refractivity (Wildman–Crippen MR) is 104 cm³/mol. The number of carbonyl (C=O) groups is 2. The molecule has 0 N–H and O–H groups in total. The zero-order valence-electron chi connectivity index (χ0n) is 14.9. The molecule has 0 bridgehead atoms. The largest absolute Gasteiger partial charge is 0.494 e. The molecule has 0 saturated heterocycles. The van der Waals surface area contributed by atoms with E-state index in [2.05, 4.69) is 11.8 Å². The molecule has 0 radical (unpaired) electrons. The van der Waals surface area contributed by atoms with E-state index in [4.69, 9.17) is 22.3 Å². The van der Waals surface area contributed by atoms with Crippen LogP contribution in [-0.2, 0) is 0 Å². The minimum Gasteiger partial charge on any atom is -0.494 e. The highest BCUT2D eigenvalue weighted by Crippen LogP contribution is 2.16. The number of rotatable bonds is 10. The summed E-state index contributed by atoms with van der Waals surface area (Å²) in [5, 5.41) is 0. The summed E-state index contributed by atoms with van der Waals surface area (Å²) >= 11 is 0. The van der Waals surface area contributed by atoms with Gasteiger partial charge in [0, 0.05) is 11.1 Å². The molecule has 0 atom stereocenters. The van der Waals surface area contributed by atoms with E-state index >= 15 is 0 Å². The Morgan fingerprint density at radius 3 is 1.59 bits per heavy atom. The molecule has 136 valence electrons. The van der Waals surface area contributed by atoms with Crippen molar-refractivity contribution in [1.82, 2.24) is 0 Å². The lowest BCUT2D eigenvalue weighted by molar-refractivity contribution is 0.104. The van der Waals surface area contributed by atoms with Crippen molar-refractivity contribution >= 4 is 11.6 Å². The molecule has 0 heterocycles. The molecule has 0 amide bonds. The monoisotopic (exact) mass is 360 g/mol. The first-order chi connectivity index (χ1) is 13.1. The van der Waals surface area contributed by atoms with Crippen LogP contribution >= 0.6 is 0 Å². The molecular weight excluding hydrogens is 340 g/mol. The number of Topliss-reactive ketones (excluding diaryl/α,β-unsaturated/α-hetero) is 2. The summed E-state index contributed by atoms with van der Waals surface area (Å²) in [6.07, 6.45) is 12.9. The standard InChI is InChI=1S/C23H20O4/c1-3-22(24)18-10-8-12-20(16-18)26-14-6-5-7-15-27-21-13-9-11-19(17-21)23(25)4-2/h1-2,8-13,16-17H,5-7,14-15H2. The van der Waals surface area contributed by atoms with Crippen LogP contribution in [0, 0.1) is 24.7 Å². The van der Waals surface area contributed by atoms with Crippen LogP contribution in [-0.4, -0.2) is 24.8 Å². The van der Waals surface area contributed by atoms with Crippen molar-refractivity contribution in [3.63, 3.8) is 0 Å². The molecule has 0 spiro atoms. The Kier molecular flexibility index (Phi) is 7.69. The summed E-state index contributed by atoms with van der Waals surface area (Å²) in [6.45, 7) is 1.08. The zero-order valence-corrected chi connectivity index (χ0v) is 14.9. The van der Waals surface area contributed by atoms with E-state index in [-0.39, 0.29) is 11.6 Å². The molecule has 0 aliphatic rings. The second-order valence-electron chi connectivity index (χ2n) is 5.76. The molecule has 4 nitrogen and oxygen atoms in total. The first-order valence-corrected chi connectivity index (χ1v) is 8.61. The number of ether oxygens (including phenoxy) is 2. The summed E-state index contributed by atoms with van der Waals surface area (Å²) in [4.78, 5) is 22.9. The maximum absolute atomic E-state index is 11.5. The highest BCUT2D eigenvalue weighted by Gasteiger charge is 2.04. The van der Waals surface area contributed by atoms with E-state index in [1.807, 2.05) is 0 Å². The third kappa shape index (κ3) is 6.38. The highest BCUT2D eigenvalue weighted by molar-refractivity contribution is 6.09. The van der Waals surface area contributed by atoms with E-state index < -0.39 is 0 Å². The number of ketones is 2. The summed E-state index contributed by atoms with van der Waals surface area (Å²) in [6, 6.07) is 13.7. The Labute approximate surface area is 159 Å². The van der Waals surface area contributed by atoms with Crippen molar-refractivity contribution in [3.05, 3.63) is 59.7 Å². The quantitative estimate of drug-likeness (QED) is 0.279. The van der Waals surface area contributed by atoms with E-state index in [0.29, 0.717) is 35.8 Å². The van der Waals surface area contributed by atoms with Crippen LogP contribution < -0.4 is 9.47 Å². The Bertz CT molecular complexity index is 810. The van der Waals surface area contributed by atoms with E-state index in [1.54, 1.807) is 48.5 Å². The van der Waals surface area contributed by atoms with Gasteiger partial charge in [0.15, 0.2) is 0 Å². The second-order valence-corrected chi connectivity index (χ2v) is 5.76. The number of hydrogen-bond donors (Lipinski definition) is 0. The van der Waals surface area contributed by atoms with Gasteiger partial charge in [-0.25, -0.2) is 0 Å². The summed E-state index contributed by atoms with van der Waals surface area (Å²) in [5.74, 6) is 4.72. The minimum atomic E-state index is -0.356. The number of unbranched alkanes of at least 4 members (excludes halogenated alkanes) is 2. The highest BCUT2D eigenvalue weighted by atomic mass is 16.5. The Morgan fingerprint density at radius 1 is 0.741 bits per heavy atom. The van der Waals surface area contributed by atoms with Crippen LogP contribution in [0.4, 0.5) is 0 Å². The summed E-state index contributed by atoms with van der Waals surface area (Å²) < 4.78 is 11.3. The fourth-order valence-corrected chi connectivity index (χ4v) is 2.38. The van der Waals surface area contributed by atoms with Gasteiger partial charge >= 0.3 is 0 Å². The molecule has 0 saturated carbocycles. The number of benzene rings is 2. The number of terminal acetylenes is 2. The molecule has 2 rings (SSSR count). The summed E-state index contributed by atoms with van der Waals surface area (Å²) in [5.41, 5.74) is 0.905. The van der Waals surface area contributed by atoms with Crippen molar-refractivity contribution < 1.29 is 19.1 Å². The van der Waals surface area contributed by atoms with E-state index in [9.17, 15) is 9.59 Å². The van der Waals surface area contributed by atoms with Crippen molar-refractivity contribution in [2.75, 3.05) is 13.2 Å². The van der Waals surface area contributed by atoms with Crippen LogP contribution in [0.15, 0.2) is 48.5 Å². The van der Waals surface area contributed by atoms with Gasteiger partial charge in [0.2, 0.25) is 11.6 Å². The van der Waals surface area contributed by atoms with Gasteiger partial charge in [-0.3, -0.25) is 9.59 Å². The van der Waals surface area contributed by atoms with E-state index in [0.717, 1.165) is 19.3 Å². The maximum Gasteiger partial charge on any atom is 0.235 e. The topological polar surface area (TPSA) is 52.6 Å². The van der Waals surface area contributed by atoms with Crippen LogP contribution in [0.25, 0.3) is 0 Å². The number of hydrogen-bond acceptors (Lipinski definition) is 4. The Balaban J connectivity index is 1.66. The van der Waals surface area contributed by atoms with Crippen LogP contribution in [0.2, 0.25) is 0 Å². The Morgan fingerprint density at radius 2 is 1.19 bits per heavy atom. The predicted octanol–water partition coefficient (Wildman–Crippen LogP) is 3.95. The average Bonchev–Trinajstić information content (AvgIpc) is 2.72. The van der Waals surface area contributed by atoms with Crippen molar-refractivity contribution in [3.8, 4) is 36.2 Å². The first kappa shape index (κ1) is 19.8. The maximum atomic E-state index is 11.5. The normalized spacial score (nSPS) is 9.70. The third-order valence-electron chi connectivity index (χ3n) is 3.78. The third-order valence-corrected chi connectivity index (χ3v) is 3.78. The van der Waals surface area contributed by atoms with Crippen LogP contribution in [0.3, 0.4) is 0 Å². The van der Waals surface area contributed by atoms with Gasteiger partial charge in [-0.05, 0) is 55.4 Å². The smallest absolute Gasteiger partial charge is 0.235 e. The molecule has 27 heavy (non-hydrogen) atoms. The van der Waals surface area contributed by atoms with Gasteiger partial charge in [0.05, 0.1) is 13.2 Å². The molecule has 2 aromatic rings. The fraction of sp³-hybridized carbons (Fsp3) is 0.217. The van der Waals surface area contributed by atoms with Crippen LogP contribution in [0.5, 0.6) is 11.5 Å². The number of carbonyl (C=O) groups excluding carboxylic acids is 2. The molecule has 0 unspecified atom stereocenters. The molecule has 2 aromatic carbocycles. The van der Waals surface area contributed by atoms with Gasteiger partial charge < -0.3 is 9.47 Å². The van der Waals surface area contributed by atoms with Crippen molar-refractivity contribution in [2.45, 2.75) is 19.3 Å². The van der Waals surface area contributed by atoms with Gasteiger partial charge in [-0.1, -0.05) is 24.3 Å². The van der Waals surface area contributed by atoms with E-state index in [1.165, 1.54) is 0 Å². The van der Waals surface area contributed by atoms with Gasteiger partial charge in [-0.15, -0.1) is 12.8 Å². The molecule has 0 aromatic heterocycles. The SMILES string of the molecule is C#CC(=O)c1cccc(OCCCCCOc2cccc(C(=O)C#C)c2)c1. The van der Waals surface area contributed by atoms with Gasteiger partial charge in [0.25, 0.3) is 0 Å². The van der Waals surface area contributed by atoms with Gasteiger partial charge in [0.1, 0.15) is 11.5 Å². The molecule has 4 heteroatoms. The van der Waals surface area contributed by atoms with Crippen molar-refractivity contribution in [1.29, 1.82) is 0 Å². The lowest BCUT2D eigenvalue weighted by Gasteiger charge is -2.08. The lowest BCUT2D eigenvalue weighted by atomic mass is 10.1.